The van der Waals surface area contributed by atoms with Gasteiger partial charge in [0.1, 0.15) is 18.4 Å². The van der Waals surface area contributed by atoms with Gasteiger partial charge in [0.15, 0.2) is 0 Å². The van der Waals surface area contributed by atoms with Crippen molar-refractivity contribution in [2.45, 2.75) is 32.9 Å². The second-order valence-corrected chi connectivity index (χ2v) is 5.43. The Morgan fingerprint density at radius 2 is 1.91 bits per heavy atom. The molecule has 0 saturated heterocycles. The molecular formula is C19H23NO3. The van der Waals surface area contributed by atoms with Crippen molar-refractivity contribution < 1.29 is 14.3 Å². The molecule has 0 heterocycles. The summed E-state index contributed by atoms with van der Waals surface area (Å²) in [6.07, 6.45) is 0.462. The molecule has 1 atom stereocenters. The van der Waals surface area contributed by atoms with Crippen LogP contribution in [0.25, 0.3) is 0 Å². The smallest absolute Gasteiger partial charge is 0.323 e. The van der Waals surface area contributed by atoms with Crippen LogP contribution in [0, 0.1) is 6.92 Å². The Morgan fingerprint density at radius 3 is 2.57 bits per heavy atom. The summed E-state index contributed by atoms with van der Waals surface area (Å²) >= 11 is 0. The number of esters is 1. The third-order valence-electron chi connectivity index (χ3n) is 3.59. The van der Waals surface area contributed by atoms with Crippen LogP contribution in [0.3, 0.4) is 0 Å². The van der Waals surface area contributed by atoms with Gasteiger partial charge in [-0.05, 0) is 49.1 Å². The van der Waals surface area contributed by atoms with Gasteiger partial charge in [-0.2, -0.15) is 0 Å². The second-order valence-electron chi connectivity index (χ2n) is 5.43. The Labute approximate surface area is 137 Å². The first-order chi connectivity index (χ1) is 11.1. The number of benzene rings is 2. The third-order valence-corrected chi connectivity index (χ3v) is 3.59. The Balaban J connectivity index is 1.96. The van der Waals surface area contributed by atoms with Gasteiger partial charge >= 0.3 is 5.97 Å². The van der Waals surface area contributed by atoms with E-state index < -0.39 is 6.04 Å². The maximum atomic E-state index is 11.6. The van der Waals surface area contributed by atoms with E-state index in [0.717, 1.165) is 22.4 Å². The second kappa shape index (κ2) is 8.34. The largest absolute Gasteiger partial charge is 0.489 e. The van der Waals surface area contributed by atoms with Gasteiger partial charge < -0.3 is 15.2 Å². The molecule has 4 nitrogen and oxygen atoms in total. The summed E-state index contributed by atoms with van der Waals surface area (Å²) in [4.78, 5) is 11.6. The molecule has 1 unspecified atom stereocenters. The van der Waals surface area contributed by atoms with Gasteiger partial charge in [-0.1, -0.05) is 36.4 Å². The summed E-state index contributed by atoms with van der Waals surface area (Å²) in [6, 6.07) is 15.2. The van der Waals surface area contributed by atoms with Crippen molar-refractivity contribution in [1.29, 1.82) is 0 Å². The molecule has 0 bridgehead atoms. The Kier molecular flexibility index (Phi) is 6.18. The molecule has 2 rings (SSSR count). The average Bonchev–Trinajstić information content (AvgIpc) is 2.56. The molecule has 0 fully saturated rings. The highest BCUT2D eigenvalue weighted by Gasteiger charge is 2.16. The molecule has 2 aromatic carbocycles. The maximum absolute atomic E-state index is 11.6. The fourth-order valence-corrected chi connectivity index (χ4v) is 2.30. The lowest BCUT2D eigenvalue weighted by Crippen LogP contribution is -2.34. The quantitative estimate of drug-likeness (QED) is 0.798. The SMILES string of the molecule is CCOC(=O)C(N)Cc1ccc(OCc2ccccc2)cc1C. The standard InChI is InChI=1S/C19H23NO3/c1-3-22-19(21)18(20)12-16-9-10-17(11-14(16)2)23-13-15-7-5-4-6-8-15/h4-11,18H,3,12-13,20H2,1-2H3. The number of aryl methyl sites for hydroxylation is 1. The summed E-state index contributed by atoms with van der Waals surface area (Å²) in [7, 11) is 0. The Morgan fingerprint density at radius 1 is 1.17 bits per heavy atom. The van der Waals surface area contributed by atoms with E-state index in [1.165, 1.54) is 0 Å². The van der Waals surface area contributed by atoms with E-state index in [9.17, 15) is 4.79 Å². The molecule has 0 aliphatic carbocycles. The van der Waals surface area contributed by atoms with E-state index >= 15 is 0 Å². The van der Waals surface area contributed by atoms with Crippen LogP contribution in [-0.4, -0.2) is 18.6 Å². The highest BCUT2D eigenvalue weighted by atomic mass is 16.5. The zero-order valence-electron chi connectivity index (χ0n) is 13.6. The minimum absolute atomic E-state index is 0.345. The molecular weight excluding hydrogens is 290 g/mol. The predicted molar refractivity (Wildman–Crippen MR) is 90.3 cm³/mol. The number of carbonyl (C=O) groups is 1. The molecule has 0 aliphatic heterocycles. The fraction of sp³-hybridized carbons (Fsp3) is 0.316. The molecule has 2 N–H and O–H groups in total. The monoisotopic (exact) mass is 313 g/mol. The highest BCUT2D eigenvalue weighted by molar-refractivity contribution is 5.75. The molecule has 122 valence electrons. The molecule has 0 amide bonds. The van der Waals surface area contributed by atoms with Crippen molar-refractivity contribution in [3.63, 3.8) is 0 Å². The fourth-order valence-electron chi connectivity index (χ4n) is 2.30. The van der Waals surface area contributed by atoms with Gasteiger partial charge in [0, 0.05) is 0 Å². The third kappa shape index (κ3) is 5.11. The first-order valence-corrected chi connectivity index (χ1v) is 7.78. The van der Waals surface area contributed by atoms with Crippen molar-refractivity contribution in [3.8, 4) is 5.75 Å². The maximum Gasteiger partial charge on any atom is 0.323 e. The van der Waals surface area contributed by atoms with Crippen LogP contribution in [0.4, 0.5) is 0 Å². The van der Waals surface area contributed by atoms with E-state index in [1.54, 1.807) is 6.92 Å². The number of ether oxygens (including phenoxy) is 2. The molecule has 4 heteroatoms. The first-order valence-electron chi connectivity index (χ1n) is 7.78. The van der Waals surface area contributed by atoms with Gasteiger partial charge in [-0.3, -0.25) is 4.79 Å². The lowest BCUT2D eigenvalue weighted by molar-refractivity contribution is -0.144. The minimum Gasteiger partial charge on any atom is -0.489 e. The molecule has 0 radical (unpaired) electrons. The summed E-state index contributed by atoms with van der Waals surface area (Å²) in [6.45, 7) is 4.64. The van der Waals surface area contributed by atoms with E-state index in [1.807, 2.05) is 55.5 Å². The minimum atomic E-state index is -0.635. The van der Waals surface area contributed by atoms with Crippen LogP contribution in [0.5, 0.6) is 5.75 Å². The zero-order chi connectivity index (χ0) is 16.7. The normalized spacial score (nSPS) is 11.8. The molecule has 0 aromatic heterocycles. The van der Waals surface area contributed by atoms with Crippen molar-refractivity contribution in [2.75, 3.05) is 6.61 Å². The van der Waals surface area contributed by atoms with E-state index in [2.05, 4.69) is 0 Å². The van der Waals surface area contributed by atoms with Crippen LogP contribution >= 0.6 is 0 Å². The van der Waals surface area contributed by atoms with Crippen molar-refractivity contribution in [3.05, 3.63) is 65.2 Å². The molecule has 0 aliphatic rings. The predicted octanol–water partition coefficient (Wildman–Crippen LogP) is 3.01. The number of rotatable bonds is 7. The van der Waals surface area contributed by atoms with Gasteiger partial charge in [-0.25, -0.2) is 0 Å². The van der Waals surface area contributed by atoms with Crippen LogP contribution in [0.1, 0.15) is 23.6 Å². The summed E-state index contributed by atoms with van der Waals surface area (Å²) < 4.78 is 10.7. The van der Waals surface area contributed by atoms with Crippen LogP contribution in [0.2, 0.25) is 0 Å². The van der Waals surface area contributed by atoms with Gasteiger partial charge in [0.2, 0.25) is 0 Å². The van der Waals surface area contributed by atoms with E-state index in [0.29, 0.717) is 19.6 Å². The number of nitrogens with two attached hydrogens (primary N) is 1. The Hall–Kier alpha value is -2.33. The average molecular weight is 313 g/mol. The van der Waals surface area contributed by atoms with Crippen molar-refractivity contribution in [2.24, 2.45) is 5.73 Å². The lowest BCUT2D eigenvalue weighted by atomic mass is 10.0. The molecule has 2 aromatic rings. The highest BCUT2D eigenvalue weighted by Crippen LogP contribution is 2.19. The van der Waals surface area contributed by atoms with E-state index in [4.69, 9.17) is 15.2 Å². The van der Waals surface area contributed by atoms with Crippen LogP contribution < -0.4 is 10.5 Å². The lowest BCUT2D eigenvalue weighted by Gasteiger charge is -2.14. The van der Waals surface area contributed by atoms with Gasteiger partial charge in [0.05, 0.1) is 6.61 Å². The first kappa shape index (κ1) is 17.0. The van der Waals surface area contributed by atoms with E-state index in [-0.39, 0.29) is 5.97 Å². The van der Waals surface area contributed by atoms with Crippen molar-refractivity contribution >= 4 is 5.97 Å². The topological polar surface area (TPSA) is 61.5 Å². The summed E-state index contributed by atoms with van der Waals surface area (Å²) in [5, 5.41) is 0. The summed E-state index contributed by atoms with van der Waals surface area (Å²) in [5.41, 5.74) is 9.07. The molecule has 23 heavy (non-hydrogen) atoms. The summed E-state index contributed by atoms with van der Waals surface area (Å²) in [5.74, 6) is 0.441. The van der Waals surface area contributed by atoms with Crippen LogP contribution in [0.15, 0.2) is 48.5 Å². The number of hydrogen-bond acceptors (Lipinski definition) is 4. The van der Waals surface area contributed by atoms with Gasteiger partial charge in [0.25, 0.3) is 0 Å². The zero-order valence-corrected chi connectivity index (χ0v) is 13.6. The Bertz CT molecular complexity index is 640. The number of hydrogen-bond donors (Lipinski definition) is 1. The van der Waals surface area contributed by atoms with Crippen LogP contribution in [-0.2, 0) is 22.6 Å². The molecule has 0 saturated carbocycles. The molecule has 0 spiro atoms. The van der Waals surface area contributed by atoms with Gasteiger partial charge in [-0.15, -0.1) is 0 Å². The van der Waals surface area contributed by atoms with Crippen molar-refractivity contribution in [1.82, 2.24) is 0 Å². The number of carbonyl (C=O) groups excluding carboxylic acids is 1.